The highest BCUT2D eigenvalue weighted by molar-refractivity contribution is 5.98. The molecule has 3 rings (SSSR count). The van der Waals surface area contributed by atoms with Gasteiger partial charge in [0, 0.05) is 11.4 Å². The van der Waals surface area contributed by atoms with Crippen LogP contribution in [-0.2, 0) is 11.2 Å². The Morgan fingerprint density at radius 1 is 0.917 bits per heavy atom. The van der Waals surface area contributed by atoms with Crippen molar-refractivity contribution in [3.05, 3.63) is 72.3 Å². The summed E-state index contributed by atoms with van der Waals surface area (Å²) in [5.74, 6) is -0.0489. The van der Waals surface area contributed by atoms with Gasteiger partial charge >= 0.3 is 0 Å². The third-order valence-corrected chi connectivity index (χ3v) is 4.13. The number of hydrogen-bond acceptors (Lipinski definition) is 2. The van der Waals surface area contributed by atoms with Crippen molar-refractivity contribution in [2.75, 3.05) is 10.6 Å². The van der Waals surface area contributed by atoms with Crippen LogP contribution in [-0.4, -0.2) is 11.9 Å². The largest absolute Gasteiger partial charge is 0.374 e. The number of carbonyl (C=O) groups is 1. The van der Waals surface area contributed by atoms with Gasteiger partial charge in [0.1, 0.15) is 6.04 Å². The summed E-state index contributed by atoms with van der Waals surface area (Å²) in [5, 5.41) is 8.53. The first kappa shape index (κ1) is 16.1. The number of nitrogens with one attached hydrogen (secondary N) is 2. The molecule has 1 atom stereocenters. The van der Waals surface area contributed by atoms with E-state index in [1.165, 1.54) is 5.56 Å². The molecule has 3 aromatic rings. The first-order chi connectivity index (χ1) is 11.7. The summed E-state index contributed by atoms with van der Waals surface area (Å²) < 4.78 is 0. The van der Waals surface area contributed by atoms with E-state index in [1.807, 2.05) is 55.5 Å². The number of fused-ring (bicyclic) bond motifs is 1. The fourth-order valence-corrected chi connectivity index (χ4v) is 2.71. The maximum Gasteiger partial charge on any atom is 0.246 e. The van der Waals surface area contributed by atoms with Gasteiger partial charge in [-0.15, -0.1) is 0 Å². The van der Waals surface area contributed by atoms with Gasteiger partial charge in [-0.25, -0.2) is 0 Å². The molecule has 0 bridgehead atoms. The van der Waals surface area contributed by atoms with Crippen LogP contribution in [0.2, 0.25) is 0 Å². The molecule has 0 spiro atoms. The number of amides is 1. The average Bonchev–Trinajstić information content (AvgIpc) is 2.61. The van der Waals surface area contributed by atoms with E-state index in [9.17, 15) is 4.79 Å². The van der Waals surface area contributed by atoms with Crippen molar-refractivity contribution in [2.24, 2.45) is 0 Å². The number of aryl methyl sites for hydroxylation is 1. The van der Waals surface area contributed by atoms with Gasteiger partial charge in [0.15, 0.2) is 0 Å². The van der Waals surface area contributed by atoms with E-state index in [1.54, 1.807) is 0 Å². The van der Waals surface area contributed by atoms with Crippen molar-refractivity contribution in [1.82, 2.24) is 0 Å². The zero-order chi connectivity index (χ0) is 16.9. The van der Waals surface area contributed by atoms with Crippen molar-refractivity contribution in [2.45, 2.75) is 26.3 Å². The molecule has 1 amide bonds. The Bertz CT molecular complexity index is 857. The average molecular weight is 318 g/mol. The second kappa shape index (κ2) is 7.18. The molecule has 0 aliphatic heterocycles. The summed E-state index contributed by atoms with van der Waals surface area (Å²) >= 11 is 0. The summed E-state index contributed by atoms with van der Waals surface area (Å²) in [4.78, 5) is 12.4. The lowest BCUT2D eigenvalue weighted by Gasteiger charge is -2.16. The number of carbonyl (C=O) groups excluding carboxylic acids is 1. The van der Waals surface area contributed by atoms with E-state index in [0.29, 0.717) is 0 Å². The normalized spacial score (nSPS) is 11.9. The van der Waals surface area contributed by atoms with Crippen LogP contribution < -0.4 is 10.6 Å². The molecule has 0 radical (unpaired) electrons. The van der Waals surface area contributed by atoms with Gasteiger partial charge in [-0.05, 0) is 53.9 Å². The predicted molar refractivity (Wildman–Crippen MR) is 101 cm³/mol. The molecule has 0 aromatic heterocycles. The van der Waals surface area contributed by atoms with Crippen LogP contribution in [0, 0.1) is 0 Å². The molecule has 3 heteroatoms. The molecule has 3 aromatic carbocycles. The number of rotatable bonds is 5. The van der Waals surface area contributed by atoms with E-state index in [2.05, 4.69) is 35.8 Å². The Morgan fingerprint density at radius 2 is 1.71 bits per heavy atom. The Labute approximate surface area is 142 Å². The third-order valence-electron chi connectivity index (χ3n) is 4.13. The monoisotopic (exact) mass is 318 g/mol. The maximum absolute atomic E-state index is 12.4. The maximum atomic E-state index is 12.4. The van der Waals surface area contributed by atoms with Gasteiger partial charge in [0.25, 0.3) is 0 Å². The van der Waals surface area contributed by atoms with E-state index in [-0.39, 0.29) is 11.9 Å². The van der Waals surface area contributed by atoms with Crippen LogP contribution in [0.5, 0.6) is 0 Å². The van der Waals surface area contributed by atoms with E-state index >= 15 is 0 Å². The van der Waals surface area contributed by atoms with Gasteiger partial charge in [-0.1, -0.05) is 49.4 Å². The molecular formula is C21H22N2O. The van der Waals surface area contributed by atoms with Crippen molar-refractivity contribution in [3.8, 4) is 0 Å². The summed E-state index contributed by atoms with van der Waals surface area (Å²) in [6.45, 7) is 3.99. The topological polar surface area (TPSA) is 41.1 Å². The predicted octanol–water partition coefficient (Wildman–Crippen LogP) is 4.84. The lowest BCUT2D eigenvalue weighted by Crippen LogP contribution is -2.31. The van der Waals surface area contributed by atoms with Gasteiger partial charge in [0.05, 0.1) is 0 Å². The molecule has 0 saturated carbocycles. The smallest absolute Gasteiger partial charge is 0.246 e. The van der Waals surface area contributed by atoms with Crippen LogP contribution in [0.1, 0.15) is 19.4 Å². The molecule has 0 unspecified atom stereocenters. The Hall–Kier alpha value is -2.81. The van der Waals surface area contributed by atoms with E-state index < -0.39 is 0 Å². The fourth-order valence-electron chi connectivity index (χ4n) is 2.71. The Morgan fingerprint density at radius 3 is 2.50 bits per heavy atom. The lowest BCUT2D eigenvalue weighted by atomic mass is 10.1. The molecule has 0 fully saturated rings. The number of anilines is 2. The van der Waals surface area contributed by atoms with Crippen LogP contribution >= 0.6 is 0 Å². The first-order valence-electron chi connectivity index (χ1n) is 8.31. The number of hydrogen-bond donors (Lipinski definition) is 2. The molecule has 0 saturated heterocycles. The fraction of sp³-hybridized carbons (Fsp3) is 0.190. The zero-order valence-electron chi connectivity index (χ0n) is 14.0. The SMILES string of the molecule is CCc1cccc(N[C@H](C)C(=O)Nc2ccc3ccccc3c2)c1. The van der Waals surface area contributed by atoms with Gasteiger partial charge in [0.2, 0.25) is 5.91 Å². The summed E-state index contributed by atoms with van der Waals surface area (Å²) in [5.41, 5.74) is 3.03. The van der Waals surface area contributed by atoms with E-state index in [0.717, 1.165) is 28.6 Å². The molecule has 0 aliphatic rings. The van der Waals surface area contributed by atoms with Gasteiger partial charge < -0.3 is 10.6 Å². The minimum Gasteiger partial charge on any atom is -0.374 e. The van der Waals surface area contributed by atoms with Crippen LogP contribution in [0.3, 0.4) is 0 Å². The van der Waals surface area contributed by atoms with E-state index in [4.69, 9.17) is 0 Å². The first-order valence-corrected chi connectivity index (χ1v) is 8.31. The van der Waals surface area contributed by atoms with Gasteiger partial charge in [-0.2, -0.15) is 0 Å². The van der Waals surface area contributed by atoms with Crippen LogP contribution in [0.15, 0.2) is 66.7 Å². The quantitative estimate of drug-likeness (QED) is 0.706. The van der Waals surface area contributed by atoms with Crippen molar-refractivity contribution in [3.63, 3.8) is 0 Å². The number of benzene rings is 3. The molecule has 2 N–H and O–H groups in total. The van der Waals surface area contributed by atoms with Crippen molar-refractivity contribution < 1.29 is 4.79 Å². The van der Waals surface area contributed by atoms with Crippen molar-refractivity contribution in [1.29, 1.82) is 0 Å². The highest BCUT2D eigenvalue weighted by atomic mass is 16.2. The summed E-state index contributed by atoms with van der Waals surface area (Å²) in [6, 6.07) is 21.9. The van der Waals surface area contributed by atoms with Crippen LogP contribution in [0.25, 0.3) is 10.8 Å². The molecule has 0 aliphatic carbocycles. The Kier molecular flexibility index (Phi) is 4.80. The summed E-state index contributed by atoms with van der Waals surface area (Å²) in [7, 11) is 0. The molecule has 122 valence electrons. The highest BCUT2D eigenvalue weighted by Crippen LogP contribution is 2.19. The van der Waals surface area contributed by atoms with Crippen LogP contribution in [0.4, 0.5) is 11.4 Å². The lowest BCUT2D eigenvalue weighted by molar-refractivity contribution is -0.116. The second-order valence-corrected chi connectivity index (χ2v) is 5.97. The molecular weight excluding hydrogens is 296 g/mol. The van der Waals surface area contributed by atoms with Gasteiger partial charge in [-0.3, -0.25) is 4.79 Å². The van der Waals surface area contributed by atoms with Crippen molar-refractivity contribution >= 4 is 28.1 Å². The summed E-state index contributed by atoms with van der Waals surface area (Å²) in [6.07, 6.45) is 0.979. The highest BCUT2D eigenvalue weighted by Gasteiger charge is 2.13. The molecule has 0 heterocycles. The molecule has 3 nitrogen and oxygen atoms in total. The second-order valence-electron chi connectivity index (χ2n) is 5.97. The third kappa shape index (κ3) is 3.74. The standard InChI is InChI=1S/C21H22N2O/c1-3-16-7-6-10-19(13-16)22-15(2)21(24)23-20-12-11-17-8-4-5-9-18(17)14-20/h4-15,22H,3H2,1-2H3,(H,23,24)/t15-/m1/s1. The minimum atomic E-state index is -0.316. The zero-order valence-corrected chi connectivity index (χ0v) is 14.0. The Balaban J connectivity index is 1.68. The minimum absolute atomic E-state index is 0.0489. The molecule has 24 heavy (non-hydrogen) atoms.